The number of benzene rings is 1. The van der Waals surface area contributed by atoms with Gasteiger partial charge in [0.1, 0.15) is 12.2 Å². The maximum Gasteiger partial charge on any atom is 0.306 e. The zero-order valence-corrected chi connectivity index (χ0v) is 14.4. The number of carbonyl (C=O) groups excluding carboxylic acids is 3. The molecule has 0 aliphatic rings. The Morgan fingerprint density at radius 1 is 1.21 bits per heavy atom. The molecule has 0 unspecified atom stereocenters. The van der Waals surface area contributed by atoms with E-state index in [9.17, 15) is 14.4 Å². The van der Waals surface area contributed by atoms with E-state index < -0.39 is 11.9 Å². The number of primary amides is 1. The Bertz CT molecular complexity index is 511. The number of carbonyl (C=O) groups is 3. The predicted octanol–water partition coefficient (Wildman–Crippen LogP) is 1.28. The van der Waals surface area contributed by atoms with E-state index >= 15 is 0 Å². The Morgan fingerprint density at radius 3 is 2.21 bits per heavy atom. The monoisotopic (exact) mass is 338 g/mol. The van der Waals surface area contributed by atoms with Crippen LogP contribution in [-0.2, 0) is 30.5 Å². The van der Waals surface area contributed by atoms with Gasteiger partial charge in [-0.1, -0.05) is 30.3 Å². The molecule has 24 heavy (non-hydrogen) atoms. The third-order valence-electron chi connectivity index (χ3n) is 2.67. The molecule has 7 heteroatoms. The van der Waals surface area contributed by atoms with Crippen LogP contribution >= 0.6 is 0 Å². The highest BCUT2D eigenvalue weighted by Gasteiger charge is 2.12. The lowest BCUT2D eigenvalue weighted by Gasteiger charge is -2.14. The van der Waals surface area contributed by atoms with E-state index in [1.807, 2.05) is 51.1 Å². The summed E-state index contributed by atoms with van der Waals surface area (Å²) < 4.78 is 9.56. The molecule has 1 aromatic rings. The molecule has 1 atom stereocenters. The first kappa shape index (κ1) is 21.6. The molecule has 0 aromatic heterocycles. The number of ether oxygens (including phenoxy) is 2. The fourth-order valence-electron chi connectivity index (χ4n) is 1.37. The molecule has 0 heterocycles. The van der Waals surface area contributed by atoms with Crippen molar-refractivity contribution in [3.63, 3.8) is 0 Å². The van der Waals surface area contributed by atoms with Gasteiger partial charge in [0.05, 0.1) is 6.04 Å². The van der Waals surface area contributed by atoms with Crippen molar-refractivity contribution in [2.75, 3.05) is 0 Å². The average molecular weight is 338 g/mol. The Hall–Kier alpha value is -2.41. The van der Waals surface area contributed by atoms with Crippen LogP contribution in [0.5, 0.6) is 0 Å². The van der Waals surface area contributed by atoms with Crippen molar-refractivity contribution in [3.8, 4) is 0 Å². The molecule has 134 valence electrons. The van der Waals surface area contributed by atoms with Crippen LogP contribution in [0.3, 0.4) is 0 Å². The van der Waals surface area contributed by atoms with Crippen molar-refractivity contribution >= 4 is 18.3 Å². The van der Waals surface area contributed by atoms with Crippen molar-refractivity contribution in [1.82, 2.24) is 0 Å². The molecule has 0 bridgehead atoms. The summed E-state index contributed by atoms with van der Waals surface area (Å²) in [5.41, 5.74) is 11.0. The van der Waals surface area contributed by atoms with Gasteiger partial charge in [-0.05, 0) is 32.8 Å². The third kappa shape index (κ3) is 12.2. The van der Waals surface area contributed by atoms with E-state index in [1.165, 1.54) is 0 Å². The molecule has 1 amide bonds. The van der Waals surface area contributed by atoms with Crippen LogP contribution in [0, 0.1) is 0 Å². The standard InChI is InChI=1S/C12H16N2O3.C5H10O2/c13-10(12(14)16)6-7-11(15)17-8-9-4-2-1-3-5-9;1-5(2,3)7-4-6/h1-5,10H,6-8,13H2,(H2,14,16);4H,1-3H3/t10-;/m1./s1. The predicted molar refractivity (Wildman–Crippen MR) is 89.5 cm³/mol. The number of rotatable bonds is 7. The fourth-order valence-corrected chi connectivity index (χ4v) is 1.37. The Kier molecular flexibility index (Phi) is 10.1. The van der Waals surface area contributed by atoms with Crippen LogP contribution in [0.15, 0.2) is 30.3 Å². The van der Waals surface area contributed by atoms with Gasteiger partial charge in [-0.3, -0.25) is 14.4 Å². The first-order valence-corrected chi connectivity index (χ1v) is 7.51. The van der Waals surface area contributed by atoms with E-state index in [0.29, 0.717) is 6.47 Å². The highest BCUT2D eigenvalue weighted by molar-refractivity contribution is 5.80. The number of nitrogens with two attached hydrogens (primary N) is 2. The van der Waals surface area contributed by atoms with Gasteiger partial charge in [0.15, 0.2) is 0 Å². The largest absolute Gasteiger partial charge is 0.462 e. The SMILES string of the molecule is CC(C)(C)OC=O.NC(=O)[C@H](N)CCC(=O)OCc1ccccc1. The van der Waals surface area contributed by atoms with Crippen LogP contribution in [0.4, 0.5) is 0 Å². The summed E-state index contributed by atoms with van der Waals surface area (Å²) in [6.07, 6.45) is 0.305. The Balaban J connectivity index is 0.000000640. The van der Waals surface area contributed by atoms with Crippen LogP contribution in [0.1, 0.15) is 39.2 Å². The number of hydrogen-bond acceptors (Lipinski definition) is 6. The average Bonchev–Trinajstić information content (AvgIpc) is 2.51. The smallest absolute Gasteiger partial charge is 0.306 e. The van der Waals surface area contributed by atoms with E-state index in [-0.39, 0.29) is 31.0 Å². The van der Waals surface area contributed by atoms with Crippen molar-refractivity contribution in [1.29, 1.82) is 0 Å². The van der Waals surface area contributed by atoms with E-state index in [2.05, 4.69) is 4.74 Å². The maximum atomic E-state index is 11.3. The topological polar surface area (TPSA) is 122 Å². The van der Waals surface area contributed by atoms with Crippen LogP contribution in [-0.4, -0.2) is 30.0 Å². The molecule has 7 nitrogen and oxygen atoms in total. The Labute approximate surface area is 142 Å². The van der Waals surface area contributed by atoms with E-state index in [0.717, 1.165) is 5.56 Å². The van der Waals surface area contributed by atoms with Crippen LogP contribution < -0.4 is 11.5 Å². The van der Waals surface area contributed by atoms with Gasteiger partial charge in [-0.2, -0.15) is 0 Å². The molecule has 0 radical (unpaired) electrons. The second-order valence-electron chi connectivity index (χ2n) is 6.02. The van der Waals surface area contributed by atoms with E-state index in [4.69, 9.17) is 16.2 Å². The van der Waals surface area contributed by atoms with Gasteiger partial charge < -0.3 is 20.9 Å². The van der Waals surface area contributed by atoms with Crippen LogP contribution in [0.2, 0.25) is 0 Å². The van der Waals surface area contributed by atoms with Gasteiger partial charge >= 0.3 is 5.97 Å². The Morgan fingerprint density at radius 2 is 1.79 bits per heavy atom. The molecule has 0 aliphatic heterocycles. The summed E-state index contributed by atoms with van der Waals surface area (Å²) in [5, 5.41) is 0. The molecule has 0 saturated carbocycles. The first-order chi connectivity index (χ1) is 11.2. The summed E-state index contributed by atoms with van der Waals surface area (Å²) >= 11 is 0. The zero-order chi connectivity index (χ0) is 18.6. The van der Waals surface area contributed by atoms with Gasteiger partial charge in [-0.15, -0.1) is 0 Å². The van der Waals surface area contributed by atoms with Gasteiger partial charge in [0, 0.05) is 6.42 Å². The van der Waals surface area contributed by atoms with Crippen LogP contribution in [0.25, 0.3) is 0 Å². The van der Waals surface area contributed by atoms with Gasteiger partial charge in [0.2, 0.25) is 5.91 Å². The number of esters is 1. The van der Waals surface area contributed by atoms with E-state index in [1.54, 1.807) is 0 Å². The number of amides is 1. The minimum absolute atomic E-state index is 0.0942. The second kappa shape index (κ2) is 11.2. The molecule has 4 N–H and O–H groups in total. The minimum atomic E-state index is -0.792. The lowest BCUT2D eigenvalue weighted by molar-refractivity contribution is -0.145. The normalized spacial score (nSPS) is 11.5. The van der Waals surface area contributed by atoms with Crippen molar-refractivity contribution in [2.24, 2.45) is 11.5 Å². The second-order valence-corrected chi connectivity index (χ2v) is 6.02. The maximum absolute atomic E-state index is 11.3. The summed E-state index contributed by atoms with van der Waals surface area (Å²) in [4.78, 5) is 31.5. The molecular weight excluding hydrogens is 312 g/mol. The lowest BCUT2D eigenvalue weighted by Crippen LogP contribution is -2.36. The van der Waals surface area contributed by atoms with Crippen molar-refractivity contribution < 1.29 is 23.9 Å². The van der Waals surface area contributed by atoms with Gasteiger partial charge in [-0.25, -0.2) is 0 Å². The molecule has 0 fully saturated rings. The zero-order valence-electron chi connectivity index (χ0n) is 14.4. The highest BCUT2D eigenvalue weighted by Crippen LogP contribution is 2.04. The fraction of sp³-hybridized carbons (Fsp3) is 0.471. The molecule has 1 rings (SSSR count). The summed E-state index contributed by atoms with van der Waals surface area (Å²) in [7, 11) is 0. The lowest BCUT2D eigenvalue weighted by atomic mass is 10.1. The minimum Gasteiger partial charge on any atom is -0.462 e. The summed E-state index contributed by atoms with van der Waals surface area (Å²) in [6, 6.07) is 8.56. The van der Waals surface area contributed by atoms with Crippen molar-refractivity contribution in [2.45, 2.75) is 51.9 Å². The molecule has 1 aromatic carbocycles. The highest BCUT2D eigenvalue weighted by atomic mass is 16.5. The molecule has 0 saturated heterocycles. The molecule has 0 spiro atoms. The first-order valence-electron chi connectivity index (χ1n) is 7.51. The summed E-state index contributed by atoms with van der Waals surface area (Å²) in [5.74, 6) is -0.994. The van der Waals surface area contributed by atoms with Crippen molar-refractivity contribution in [3.05, 3.63) is 35.9 Å². The molecular formula is C17H26N2O5. The third-order valence-corrected chi connectivity index (χ3v) is 2.67. The van der Waals surface area contributed by atoms with Gasteiger partial charge in [0.25, 0.3) is 6.47 Å². The molecule has 0 aliphatic carbocycles. The number of hydrogen-bond donors (Lipinski definition) is 2. The summed E-state index contributed by atoms with van der Waals surface area (Å²) in [6.45, 7) is 6.15. The quantitative estimate of drug-likeness (QED) is 0.570.